The van der Waals surface area contributed by atoms with Crippen molar-refractivity contribution in [3.8, 4) is 0 Å². The molecular weight excluding hydrogens is 160 g/mol. The van der Waals surface area contributed by atoms with Crippen LogP contribution in [0.25, 0.3) is 0 Å². The van der Waals surface area contributed by atoms with Crippen molar-refractivity contribution < 1.29 is 6.68 Å². The molecule has 0 saturated carbocycles. The third-order valence-electron chi connectivity index (χ3n) is 0.109. The van der Waals surface area contributed by atoms with E-state index in [1.54, 1.807) is 0 Å². The molecule has 0 bridgehead atoms. The molecule has 0 aliphatic carbocycles. The molecule has 0 radical (unpaired) electrons. The minimum atomic E-state index is 0. The fraction of sp³-hybridized carbons (Fsp3) is 1.00. The van der Waals surface area contributed by atoms with Crippen molar-refractivity contribution in [3.05, 3.63) is 0 Å². The summed E-state index contributed by atoms with van der Waals surface area (Å²) in [6.07, 6.45) is 0. The maximum atomic E-state index is 4.35. The Bertz CT molecular complexity index is 17.7. The summed E-state index contributed by atoms with van der Waals surface area (Å²) in [4.78, 5) is 0. The summed E-state index contributed by atoms with van der Waals surface area (Å²) in [5, 5.41) is 0. The summed E-state index contributed by atoms with van der Waals surface area (Å²) in [6.45, 7) is 2.65. The zero-order valence-corrected chi connectivity index (χ0v) is 6.99. The maximum Gasteiger partial charge on any atom is 2.00 e. The van der Waals surface area contributed by atoms with Crippen LogP contribution in [0.3, 0.4) is 0 Å². The molecule has 1 nitrogen and oxygen atoms in total. The predicted octanol–water partition coefficient (Wildman–Crippen LogP) is 1.18. The molecule has 0 saturated heterocycles. The first kappa shape index (κ1) is 9.85. The fourth-order valence-electron chi connectivity index (χ4n) is 0. The van der Waals surface area contributed by atoms with E-state index in [4.69, 9.17) is 0 Å². The van der Waals surface area contributed by atoms with Crippen molar-refractivity contribution in [2.45, 2.75) is 6.92 Å². The number of halogens is 1. The van der Waals surface area contributed by atoms with Crippen LogP contribution < -0.4 is 0 Å². The van der Waals surface area contributed by atoms with Gasteiger partial charge in [-0.05, 0) is 6.92 Å². The van der Waals surface area contributed by atoms with Gasteiger partial charge in [0.1, 0.15) is 0 Å². The summed E-state index contributed by atoms with van der Waals surface area (Å²) in [5.74, 6) is 0. The van der Waals surface area contributed by atoms with Crippen LogP contribution in [0, 0.1) is 0 Å². The number of rotatable bonds is 1. The van der Waals surface area contributed by atoms with E-state index in [2.05, 4.69) is 20.1 Å². The summed E-state index contributed by atoms with van der Waals surface area (Å²) in [6, 6.07) is 0. The van der Waals surface area contributed by atoms with E-state index >= 15 is 0 Å². The molecule has 0 unspecified atom stereocenters. The summed E-state index contributed by atoms with van der Waals surface area (Å²) < 4.78 is 4.35. The first-order valence-corrected chi connectivity index (χ1v) is 1.80. The standard InChI is InChI=1S/C2H5BrO.Ca.2H/c1-2-4-3;;;/h2H2,1H3;;;/q;+2;2*-1. The van der Waals surface area contributed by atoms with Gasteiger partial charge in [-0.25, -0.2) is 0 Å². The molecule has 0 aromatic heterocycles. The van der Waals surface area contributed by atoms with Crippen molar-refractivity contribution in [2.24, 2.45) is 0 Å². The van der Waals surface area contributed by atoms with Gasteiger partial charge in [0, 0.05) is 0 Å². The molecule has 0 amide bonds. The average molecular weight is 167 g/mol. The normalized spacial score (nSPS) is 6.00. The van der Waals surface area contributed by atoms with Gasteiger partial charge in [0.25, 0.3) is 0 Å². The maximum absolute atomic E-state index is 4.35. The molecule has 5 heavy (non-hydrogen) atoms. The average Bonchev–Trinajstić information content (AvgIpc) is 1.37. The molecule has 0 rings (SSSR count). The number of hydrogen-bond acceptors (Lipinski definition) is 1. The quantitative estimate of drug-likeness (QED) is 0.533. The molecule has 0 N–H and O–H groups in total. The summed E-state index contributed by atoms with van der Waals surface area (Å²) in [5.41, 5.74) is 0. The molecule has 0 spiro atoms. The van der Waals surface area contributed by atoms with Crippen LogP contribution >= 0.6 is 16.3 Å². The molecule has 0 aliphatic rings. The second-order valence-corrected chi connectivity index (χ2v) is 0.856. The Morgan fingerprint density at radius 2 is 2.20 bits per heavy atom. The molecule has 0 aromatic rings. The van der Waals surface area contributed by atoms with Crippen LogP contribution in [0.4, 0.5) is 0 Å². The molecule has 3 heteroatoms. The van der Waals surface area contributed by atoms with Crippen LogP contribution in [0.15, 0.2) is 0 Å². The van der Waals surface area contributed by atoms with Gasteiger partial charge in [-0.15, -0.1) is 0 Å². The topological polar surface area (TPSA) is 9.23 Å². The molecular formula is C2H7BrCaO. The predicted molar refractivity (Wildman–Crippen MR) is 28.5 cm³/mol. The fourth-order valence-corrected chi connectivity index (χ4v) is 0. The minimum absolute atomic E-state index is 0. The van der Waals surface area contributed by atoms with Gasteiger partial charge in [-0.1, -0.05) is 0 Å². The molecule has 0 atom stereocenters. The van der Waals surface area contributed by atoms with E-state index in [1.165, 1.54) is 0 Å². The van der Waals surface area contributed by atoms with Crippen molar-refractivity contribution in [1.29, 1.82) is 0 Å². The zero-order valence-electron chi connectivity index (χ0n) is 5.20. The largest absolute Gasteiger partial charge is 2.00 e. The van der Waals surface area contributed by atoms with Crippen molar-refractivity contribution in [2.75, 3.05) is 6.61 Å². The molecule has 30 valence electrons. The van der Waals surface area contributed by atoms with Gasteiger partial charge >= 0.3 is 37.7 Å². The third kappa shape index (κ3) is 10.7. The second kappa shape index (κ2) is 9.20. The molecule has 0 fully saturated rings. The van der Waals surface area contributed by atoms with Crippen molar-refractivity contribution >= 4 is 54.0 Å². The molecule has 0 aliphatic heterocycles. The molecule has 0 heterocycles. The zero-order chi connectivity index (χ0) is 3.41. The first-order chi connectivity index (χ1) is 1.91. The number of hydrogen-bond donors (Lipinski definition) is 0. The van der Waals surface area contributed by atoms with Gasteiger partial charge in [0.15, 0.2) is 0 Å². The van der Waals surface area contributed by atoms with Crippen molar-refractivity contribution in [1.82, 2.24) is 0 Å². The van der Waals surface area contributed by atoms with Crippen molar-refractivity contribution in [3.63, 3.8) is 0 Å². The van der Waals surface area contributed by atoms with E-state index in [1.807, 2.05) is 6.92 Å². The second-order valence-electron chi connectivity index (χ2n) is 0.398. The van der Waals surface area contributed by atoms with Crippen LogP contribution in [-0.4, -0.2) is 44.3 Å². The van der Waals surface area contributed by atoms with Gasteiger partial charge in [-0.2, -0.15) is 0 Å². The third-order valence-corrected chi connectivity index (χ3v) is 0.567. The van der Waals surface area contributed by atoms with Gasteiger partial charge in [0.2, 0.25) is 0 Å². The van der Waals surface area contributed by atoms with E-state index < -0.39 is 0 Å². The van der Waals surface area contributed by atoms with E-state index in [0.29, 0.717) is 0 Å². The smallest absolute Gasteiger partial charge is 1.00 e. The Morgan fingerprint density at radius 1 is 2.00 bits per heavy atom. The Morgan fingerprint density at radius 3 is 2.20 bits per heavy atom. The Labute approximate surface area is 73.5 Å². The van der Waals surface area contributed by atoms with Crippen LogP contribution in [0.2, 0.25) is 0 Å². The van der Waals surface area contributed by atoms with Gasteiger partial charge < -0.3 is 6.68 Å². The minimum Gasteiger partial charge on any atom is -1.00 e. The van der Waals surface area contributed by atoms with Gasteiger partial charge in [-0.3, -0.25) is 0 Å². The SMILES string of the molecule is CCOBr.[Ca+2].[H-].[H-]. The first-order valence-electron chi connectivity index (χ1n) is 1.15. The van der Waals surface area contributed by atoms with Gasteiger partial charge in [0.05, 0.1) is 22.9 Å². The van der Waals surface area contributed by atoms with E-state index in [-0.39, 0.29) is 40.6 Å². The summed E-state index contributed by atoms with van der Waals surface area (Å²) >= 11 is 2.75. The summed E-state index contributed by atoms with van der Waals surface area (Å²) in [7, 11) is 0. The Hall–Kier alpha value is 1.70. The van der Waals surface area contributed by atoms with Crippen LogP contribution in [0.5, 0.6) is 0 Å². The Balaban J connectivity index is -0.0000000150. The monoisotopic (exact) mass is 166 g/mol. The van der Waals surface area contributed by atoms with E-state index in [9.17, 15) is 0 Å². The Kier molecular flexibility index (Phi) is 18.1. The van der Waals surface area contributed by atoms with E-state index in [0.717, 1.165) is 6.61 Å². The van der Waals surface area contributed by atoms with Crippen LogP contribution in [-0.2, 0) is 3.83 Å². The van der Waals surface area contributed by atoms with Crippen LogP contribution in [0.1, 0.15) is 9.78 Å². The molecule has 0 aromatic carbocycles.